The van der Waals surface area contributed by atoms with Crippen molar-refractivity contribution in [2.24, 2.45) is 0 Å². The van der Waals surface area contributed by atoms with Crippen LogP contribution in [0.25, 0.3) is 0 Å². The van der Waals surface area contributed by atoms with Crippen molar-refractivity contribution in [1.82, 2.24) is 4.90 Å². The van der Waals surface area contributed by atoms with Gasteiger partial charge in [-0.1, -0.05) is 12.2 Å². The second-order valence-corrected chi connectivity index (χ2v) is 4.19. The maximum atomic E-state index is 12.3. The van der Waals surface area contributed by atoms with Crippen LogP contribution in [0.15, 0.2) is 36.4 Å². The molecule has 0 spiro atoms. The molecule has 5 heteroatoms. The highest BCUT2D eigenvalue weighted by Gasteiger charge is 2.30. The molecule has 98 valence electrons. The number of carbonyl (C=O) groups is 1. The third-order valence-electron chi connectivity index (χ3n) is 2.31. The number of hydrogen-bond acceptors (Lipinski definition) is 1. The Morgan fingerprint density at radius 1 is 1.28 bits per heavy atom. The first kappa shape index (κ1) is 14.3. The van der Waals surface area contributed by atoms with Gasteiger partial charge in [0.2, 0.25) is 0 Å². The third-order valence-corrected chi connectivity index (χ3v) is 2.31. The molecular formula is C13H14F3NO. The monoisotopic (exact) mass is 257 g/mol. The van der Waals surface area contributed by atoms with Crippen LogP contribution < -0.4 is 0 Å². The molecule has 0 bridgehead atoms. The molecule has 1 rings (SSSR count). The predicted octanol–water partition coefficient (Wildman–Crippen LogP) is 3.35. The Bertz CT molecular complexity index is 448. The Labute approximate surface area is 104 Å². The summed E-state index contributed by atoms with van der Waals surface area (Å²) in [5, 5.41) is 0. The van der Waals surface area contributed by atoms with E-state index in [1.807, 2.05) is 0 Å². The molecule has 18 heavy (non-hydrogen) atoms. The average Bonchev–Trinajstić information content (AvgIpc) is 2.26. The normalized spacial score (nSPS) is 11.2. The minimum Gasteiger partial charge on any atom is -0.338 e. The predicted molar refractivity (Wildman–Crippen MR) is 63.2 cm³/mol. The largest absolute Gasteiger partial charge is 0.416 e. The first-order valence-corrected chi connectivity index (χ1v) is 5.29. The second kappa shape index (κ2) is 5.25. The second-order valence-electron chi connectivity index (χ2n) is 4.19. The van der Waals surface area contributed by atoms with Gasteiger partial charge < -0.3 is 4.90 Å². The molecule has 0 atom stereocenters. The zero-order valence-corrected chi connectivity index (χ0v) is 10.2. The van der Waals surface area contributed by atoms with E-state index in [9.17, 15) is 18.0 Å². The van der Waals surface area contributed by atoms with Crippen LogP contribution in [0.5, 0.6) is 0 Å². The topological polar surface area (TPSA) is 20.3 Å². The van der Waals surface area contributed by atoms with E-state index in [2.05, 4.69) is 6.58 Å². The van der Waals surface area contributed by atoms with Gasteiger partial charge in [-0.2, -0.15) is 13.2 Å². The SMILES string of the molecule is C=C(C)CN(C)C(=O)c1ccc(C(F)(F)F)cc1. The minimum absolute atomic E-state index is 0.228. The van der Waals surface area contributed by atoms with Crippen molar-refractivity contribution in [3.8, 4) is 0 Å². The number of carbonyl (C=O) groups excluding carboxylic acids is 1. The number of alkyl halides is 3. The van der Waals surface area contributed by atoms with E-state index in [0.29, 0.717) is 6.54 Å². The van der Waals surface area contributed by atoms with Crippen molar-refractivity contribution in [2.75, 3.05) is 13.6 Å². The van der Waals surface area contributed by atoms with Crippen LogP contribution in [0, 0.1) is 0 Å². The lowest BCUT2D eigenvalue weighted by atomic mass is 10.1. The molecule has 0 aromatic heterocycles. The Balaban J connectivity index is 2.85. The van der Waals surface area contributed by atoms with Crippen LogP contribution in [0.3, 0.4) is 0 Å². The van der Waals surface area contributed by atoms with Crippen molar-refractivity contribution in [1.29, 1.82) is 0 Å². The zero-order chi connectivity index (χ0) is 13.9. The number of nitrogens with zero attached hydrogens (tertiary/aromatic N) is 1. The molecule has 0 aliphatic heterocycles. The number of hydrogen-bond donors (Lipinski definition) is 0. The van der Waals surface area contributed by atoms with E-state index >= 15 is 0 Å². The summed E-state index contributed by atoms with van der Waals surface area (Å²) in [5.74, 6) is -0.327. The molecule has 2 nitrogen and oxygen atoms in total. The summed E-state index contributed by atoms with van der Waals surface area (Å²) in [7, 11) is 1.58. The van der Waals surface area contributed by atoms with Gasteiger partial charge in [0.25, 0.3) is 5.91 Å². The lowest BCUT2D eigenvalue weighted by Crippen LogP contribution is -2.28. The lowest BCUT2D eigenvalue weighted by Gasteiger charge is -2.17. The zero-order valence-electron chi connectivity index (χ0n) is 10.2. The molecule has 0 N–H and O–H groups in total. The minimum atomic E-state index is -4.38. The van der Waals surface area contributed by atoms with E-state index in [1.54, 1.807) is 14.0 Å². The summed E-state index contributed by atoms with van der Waals surface area (Å²) in [4.78, 5) is 13.3. The highest BCUT2D eigenvalue weighted by atomic mass is 19.4. The molecule has 1 aromatic carbocycles. The standard InChI is InChI=1S/C13H14F3NO/c1-9(2)8-17(3)12(18)10-4-6-11(7-5-10)13(14,15)16/h4-7H,1,8H2,2-3H3. The van der Waals surface area contributed by atoms with Crippen LogP contribution in [0.4, 0.5) is 13.2 Å². The van der Waals surface area contributed by atoms with Gasteiger partial charge in [-0.15, -0.1) is 0 Å². The summed E-state index contributed by atoms with van der Waals surface area (Å²) in [6, 6.07) is 4.17. The molecule has 1 amide bonds. The molecule has 0 fully saturated rings. The maximum Gasteiger partial charge on any atom is 0.416 e. The molecular weight excluding hydrogens is 243 g/mol. The van der Waals surface area contributed by atoms with Crippen molar-refractivity contribution >= 4 is 5.91 Å². The Hall–Kier alpha value is -1.78. The molecule has 0 heterocycles. The highest BCUT2D eigenvalue weighted by molar-refractivity contribution is 5.94. The van der Waals surface area contributed by atoms with Crippen molar-refractivity contribution in [2.45, 2.75) is 13.1 Å². The van der Waals surface area contributed by atoms with Crippen molar-refractivity contribution in [3.63, 3.8) is 0 Å². The number of benzene rings is 1. The van der Waals surface area contributed by atoms with Gasteiger partial charge in [0.05, 0.1) is 5.56 Å². The number of amides is 1. The molecule has 0 saturated carbocycles. The van der Waals surface area contributed by atoms with Crippen molar-refractivity contribution in [3.05, 3.63) is 47.5 Å². The number of likely N-dealkylation sites (N-methyl/N-ethyl adjacent to an activating group) is 1. The van der Waals surface area contributed by atoms with E-state index in [4.69, 9.17) is 0 Å². The third kappa shape index (κ3) is 3.61. The van der Waals surface area contributed by atoms with Gasteiger partial charge in [0.15, 0.2) is 0 Å². The van der Waals surface area contributed by atoms with Crippen LogP contribution >= 0.6 is 0 Å². The number of rotatable bonds is 3. The van der Waals surface area contributed by atoms with Crippen LogP contribution in [0.2, 0.25) is 0 Å². The summed E-state index contributed by atoms with van der Waals surface area (Å²) in [6.07, 6.45) is -4.38. The average molecular weight is 257 g/mol. The molecule has 0 aliphatic carbocycles. The van der Waals surface area contributed by atoms with E-state index < -0.39 is 11.7 Å². The first-order valence-electron chi connectivity index (χ1n) is 5.29. The fourth-order valence-corrected chi connectivity index (χ4v) is 1.50. The molecule has 0 unspecified atom stereocenters. The molecule has 0 radical (unpaired) electrons. The smallest absolute Gasteiger partial charge is 0.338 e. The van der Waals surface area contributed by atoms with Crippen LogP contribution in [-0.2, 0) is 6.18 Å². The fourth-order valence-electron chi connectivity index (χ4n) is 1.50. The Kier molecular flexibility index (Phi) is 4.16. The summed E-state index contributed by atoms with van der Waals surface area (Å²) in [5.41, 5.74) is 0.270. The van der Waals surface area contributed by atoms with E-state index in [1.165, 1.54) is 17.0 Å². The van der Waals surface area contributed by atoms with Crippen LogP contribution in [-0.4, -0.2) is 24.4 Å². The van der Waals surface area contributed by atoms with Gasteiger partial charge >= 0.3 is 6.18 Å². The maximum absolute atomic E-state index is 12.3. The van der Waals surface area contributed by atoms with Crippen LogP contribution in [0.1, 0.15) is 22.8 Å². The fraction of sp³-hybridized carbons (Fsp3) is 0.308. The molecule has 0 saturated heterocycles. The highest BCUT2D eigenvalue weighted by Crippen LogP contribution is 2.29. The van der Waals surface area contributed by atoms with E-state index in [-0.39, 0.29) is 11.5 Å². The van der Waals surface area contributed by atoms with Gasteiger partial charge in [-0.25, -0.2) is 0 Å². The molecule has 1 aromatic rings. The van der Waals surface area contributed by atoms with Gasteiger partial charge in [-0.3, -0.25) is 4.79 Å². The Morgan fingerprint density at radius 3 is 2.17 bits per heavy atom. The van der Waals surface area contributed by atoms with E-state index in [0.717, 1.165) is 17.7 Å². The van der Waals surface area contributed by atoms with Gasteiger partial charge in [0.1, 0.15) is 0 Å². The molecule has 0 aliphatic rings. The summed E-state index contributed by atoms with van der Waals surface area (Å²) >= 11 is 0. The summed E-state index contributed by atoms with van der Waals surface area (Å²) in [6.45, 7) is 5.82. The summed E-state index contributed by atoms with van der Waals surface area (Å²) < 4.78 is 37.0. The van der Waals surface area contributed by atoms with Crippen molar-refractivity contribution < 1.29 is 18.0 Å². The number of halogens is 3. The van der Waals surface area contributed by atoms with Gasteiger partial charge in [-0.05, 0) is 31.2 Å². The Morgan fingerprint density at radius 2 is 1.78 bits per heavy atom. The lowest BCUT2D eigenvalue weighted by molar-refractivity contribution is -0.137. The first-order chi connectivity index (χ1) is 8.21. The quantitative estimate of drug-likeness (QED) is 0.760. The van der Waals surface area contributed by atoms with Gasteiger partial charge in [0, 0.05) is 19.2 Å².